The summed E-state index contributed by atoms with van der Waals surface area (Å²) >= 11 is 0. The number of nitrogens with zero attached hydrogens (tertiary/aromatic N) is 2. The summed E-state index contributed by atoms with van der Waals surface area (Å²) in [5, 5.41) is 16.7. The molecule has 210 valence electrons. The monoisotopic (exact) mass is 559 g/mol. The molecule has 0 radical (unpaired) electrons. The van der Waals surface area contributed by atoms with E-state index in [0.29, 0.717) is 18.3 Å². The lowest BCUT2D eigenvalue weighted by atomic mass is 9.84. The van der Waals surface area contributed by atoms with E-state index in [0.717, 1.165) is 25.7 Å². The molecule has 0 spiro atoms. The van der Waals surface area contributed by atoms with Crippen molar-refractivity contribution >= 4 is 33.5 Å². The fraction of sp³-hybridized carbons (Fsp3) is 0.480. The third kappa shape index (κ3) is 8.89. The quantitative estimate of drug-likeness (QED) is 0.366. The fourth-order valence-corrected chi connectivity index (χ4v) is 5.08. The molecule has 1 aliphatic carbocycles. The summed E-state index contributed by atoms with van der Waals surface area (Å²) in [4.78, 5) is 26.8. The Kier molecular flexibility index (Phi) is 10.9. The highest BCUT2D eigenvalue weighted by atomic mass is 32.2. The Morgan fingerprint density at radius 1 is 1.11 bits per heavy atom. The van der Waals surface area contributed by atoms with E-state index in [4.69, 9.17) is 9.90 Å². The summed E-state index contributed by atoms with van der Waals surface area (Å²) in [6.07, 6.45) is 4.15. The normalized spacial score (nSPS) is 14.2. The van der Waals surface area contributed by atoms with Crippen LogP contribution in [0, 0.1) is 0 Å². The number of sulfonamides is 1. The van der Waals surface area contributed by atoms with Crippen LogP contribution in [0.1, 0.15) is 73.7 Å². The molecular weight excluding hydrogens is 527 g/mol. The van der Waals surface area contributed by atoms with E-state index < -0.39 is 28.1 Å². The molecule has 38 heavy (non-hydrogen) atoms. The van der Waals surface area contributed by atoms with Crippen LogP contribution in [0.5, 0.6) is 0 Å². The maximum atomic E-state index is 12.8. The molecule has 0 aliphatic heterocycles. The zero-order chi connectivity index (χ0) is 28.5. The SMILES string of the molecule is CCCCN(C)c1ncc(NS(=O)(=O)c2ccc(C3CCCCC3)cc2)cc1C(=O)O.O=C(O)C(F)(F)F. The number of carboxylic acid groups (broad SMARTS) is 2. The number of carboxylic acids is 2. The Morgan fingerprint density at radius 2 is 1.68 bits per heavy atom. The van der Waals surface area contributed by atoms with Gasteiger partial charge in [0.05, 0.1) is 16.8 Å². The van der Waals surface area contributed by atoms with Crippen molar-refractivity contribution in [3.8, 4) is 0 Å². The highest BCUT2D eigenvalue weighted by Crippen LogP contribution is 2.33. The Hall–Kier alpha value is -3.35. The van der Waals surface area contributed by atoms with Gasteiger partial charge in [-0.1, -0.05) is 44.7 Å². The molecule has 3 N–H and O–H groups in total. The van der Waals surface area contributed by atoms with Crippen LogP contribution < -0.4 is 9.62 Å². The predicted octanol–water partition coefficient (Wildman–Crippen LogP) is 5.50. The van der Waals surface area contributed by atoms with Crippen molar-refractivity contribution in [1.82, 2.24) is 4.98 Å². The van der Waals surface area contributed by atoms with Crippen molar-refractivity contribution in [3.63, 3.8) is 0 Å². The van der Waals surface area contributed by atoms with Crippen LogP contribution in [0.3, 0.4) is 0 Å². The van der Waals surface area contributed by atoms with Gasteiger partial charge in [-0.25, -0.2) is 23.0 Å². The maximum absolute atomic E-state index is 12.8. The number of unbranched alkanes of at least 4 members (excludes halogenated alkanes) is 1. The average Bonchev–Trinajstić information content (AvgIpc) is 2.87. The van der Waals surface area contributed by atoms with Gasteiger partial charge in [0.1, 0.15) is 11.4 Å². The minimum absolute atomic E-state index is 0.0357. The van der Waals surface area contributed by atoms with Crippen LogP contribution in [0.25, 0.3) is 0 Å². The van der Waals surface area contributed by atoms with Crippen molar-refractivity contribution in [3.05, 3.63) is 47.7 Å². The number of rotatable bonds is 9. The summed E-state index contributed by atoms with van der Waals surface area (Å²) in [5.74, 6) is -3.09. The molecule has 1 aromatic carbocycles. The van der Waals surface area contributed by atoms with Crippen molar-refractivity contribution in [1.29, 1.82) is 0 Å². The lowest BCUT2D eigenvalue weighted by molar-refractivity contribution is -0.192. The van der Waals surface area contributed by atoms with E-state index >= 15 is 0 Å². The molecule has 13 heteroatoms. The molecule has 1 fully saturated rings. The van der Waals surface area contributed by atoms with E-state index in [-0.39, 0.29) is 16.1 Å². The number of alkyl halides is 3. The molecular formula is C25H32F3N3O6S. The van der Waals surface area contributed by atoms with Gasteiger partial charge in [0, 0.05) is 13.6 Å². The van der Waals surface area contributed by atoms with Crippen LogP contribution in [-0.2, 0) is 14.8 Å². The first kappa shape index (κ1) is 30.9. The van der Waals surface area contributed by atoms with E-state index in [1.165, 1.54) is 37.1 Å². The first-order valence-corrected chi connectivity index (χ1v) is 13.6. The van der Waals surface area contributed by atoms with E-state index in [1.54, 1.807) is 24.1 Å². The van der Waals surface area contributed by atoms with Crippen molar-refractivity contribution in [2.45, 2.75) is 68.9 Å². The molecule has 0 atom stereocenters. The highest BCUT2D eigenvalue weighted by Gasteiger charge is 2.38. The highest BCUT2D eigenvalue weighted by molar-refractivity contribution is 7.92. The van der Waals surface area contributed by atoms with Gasteiger partial charge in [-0.15, -0.1) is 0 Å². The second kappa shape index (κ2) is 13.4. The second-order valence-corrected chi connectivity index (χ2v) is 10.7. The molecule has 0 unspecified atom stereocenters. The lowest BCUT2D eigenvalue weighted by Crippen LogP contribution is -2.23. The fourth-order valence-electron chi connectivity index (χ4n) is 4.05. The molecule has 1 heterocycles. The number of hydrogen-bond acceptors (Lipinski definition) is 6. The second-order valence-electron chi connectivity index (χ2n) is 8.99. The third-order valence-electron chi connectivity index (χ3n) is 6.07. The number of halogens is 3. The largest absolute Gasteiger partial charge is 0.490 e. The topological polar surface area (TPSA) is 137 Å². The van der Waals surface area contributed by atoms with E-state index in [2.05, 4.69) is 16.6 Å². The van der Waals surface area contributed by atoms with Gasteiger partial charge in [-0.2, -0.15) is 13.2 Å². The number of aromatic nitrogens is 1. The van der Waals surface area contributed by atoms with Crippen molar-refractivity contribution in [2.24, 2.45) is 0 Å². The van der Waals surface area contributed by atoms with Gasteiger partial charge >= 0.3 is 18.1 Å². The van der Waals surface area contributed by atoms with Gasteiger partial charge in [0.25, 0.3) is 10.0 Å². The zero-order valence-electron chi connectivity index (χ0n) is 21.2. The van der Waals surface area contributed by atoms with Gasteiger partial charge in [0.15, 0.2) is 0 Å². The molecule has 0 saturated heterocycles. The molecule has 1 aliphatic rings. The van der Waals surface area contributed by atoms with Crippen LogP contribution in [-0.4, -0.2) is 55.3 Å². The summed E-state index contributed by atoms with van der Waals surface area (Å²) in [6, 6.07) is 8.32. The Bertz CT molecular complexity index is 1200. The van der Waals surface area contributed by atoms with Crippen molar-refractivity contribution < 1.29 is 41.4 Å². The van der Waals surface area contributed by atoms with Gasteiger partial charge in [0.2, 0.25) is 0 Å². The molecule has 1 aromatic heterocycles. The number of anilines is 2. The molecule has 0 amide bonds. The van der Waals surface area contributed by atoms with Crippen LogP contribution in [0.2, 0.25) is 0 Å². The predicted molar refractivity (Wildman–Crippen MR) is 136 cm³/mol. The Labute approximate surface area is 219 Å². The first-order chi connectivity index (χ1) is 17.8. The summed E-state index contributed by atoms with van der Waals surface area (Å²) < 4.78 is 59.9. The van der Waals surface area contributed by atoms with Gasteiger partial charge in [-0.05, 0) is 48.9 Å². The summed E-state index contributed by atoms with van der Waals surface area (Å²) in [5.41, 5.74) is 1.26. The number of aliphatic carboxylic acids is 1. The van der Waals surface area contributed by atoms with Gasteiger partial charge in [-0.3, -0.25) is 4.72 Å². The molecule has 1 saturated carbocycles. The standard InChI is InChI=1S/C23H31N3O4S.C2HF3O2/c1-3-4-14-26(2)22-21(23(27)28)15-19(16-24-22)25-31(29,30)20-12-10-18(11-13-20)17-8-6-5-7-9-17;3-2(4,5)1(6)7/h10-13,15-17,25H,3-9,14H2,1-2H3,(H,27,28);(H,6,7). The van der Waals surface area contributed by atoms with E-state index in [9.17, 15) is 31.5 Å². The van der Waals surface area contributed by atoms with Gasteiger partial charge < -0.3 is 15.1 Å². The molecule has 0 bridgehead atoms. The van der Waals surface area contributed by atoms with Crippen LogP contribution in [0.15, 0.2) is 41.4 Å². The first-order valence-electron chi connectivity index (χ1n) is 12.1. The molecule has 2 aromatic rings. The Morgan fingerprint density at radius 3 is 2.18 bits per heavy atom. The zero-order valence-corrected chi connectivity index (χ0v) is 22.0. The lowest BCUT2D eigenvalue weighted by Gasteiger charge is -2.22. The average molecular weight is 560 g/mol. The Balaban J connectivity index is 0.000000638. The van der Waals surface area contributed by atoms with Crippen molar-refractivity contribution in [2.75, 3.05) is 23.2 Å². The summed E-state index contributed by atoms with van der Waals surface area (Å²) in [6.45, 7) is 2.72. The molecule has 3 rings (SSSR count). The maximum Gasteiger partial charge on any atom is 0.490 e. The number of hydrogen-bond donors (Lipinski definition) is 3. The minimum atomic E-state index is -5.08. The number of nitrogens with one attached hydrogen (secondary N) is 1. The molecule has 9 nitrogen and oxygen atoms in total. The summed E-state index contributed by atoms with van der Waals surface area (Å²) in [7, 11) is -2.07. The smallest absolute Gasteiger partial charge is 0.478 e. The third-order valence-corrected chi connectivity index (χ3v) is 7.46. The number of benzene rings is 1. The van der Waals surface area contributed by atoms with Crippen LogP contribution in [0.4, 0.5) is 24.7 Å². The number of carbonyl (C=O) groups is 2. The number of aromatic carboxylic acids is 1. The van der Waals surface area contributed by atoms with E-state index in [1.807, 2.05) is 12.1 Å². The number of pyridine rings is 1. The minimum Gasteiger partial charge on any atom is -0.478 e. The van der Waals surface area contributed by atoms with Crippen LogP contribution >= 0.6 is 0 Å².